The van der Waals surface area contributed by atoms with Gasteiger partial charge in [0, 0.05) is 17.4 Å². The van der Waals surface area contributed by atoms with Gasteiger partial charge in [0.15, 0.2) is 5.57 Å². The van der Waals surface area contributed by atoms with Gasteiger partial charge in [-0.1, -0.05) is 11.6 Å². The zero-order valence-electron chi connectivity index (χ0n) is 14.7. The number of esters is 2. The van der Waals surface area contributed by atoms with Crippen LogP contribution in [0.1, 0.15) is 13.8 Å². The molecule has 0 aliphatic heterocycles. The van der Waals surface area contributed by atoms with E-state index >= 15 is 0 Å². The van der Waals surface area contributed by atoms with Gasteiger partial charge < -0.3 is 20.1 Å². The topological polar surface area (TPSA) is 124 Å². The van der Waals surface area contributed by atoms with Crippen LogP contribution in [-0.2, 0) is 19.1 Å². The van der Waals surface area contributed by atoms with Crippen LogP contribution in [0.15, 0.2) is 41.7 Å². The van der Waals surface area contributed by atoms with Gasteiger partial charge in [-0.15, -0.1) is 0 Å². The molecule has 0 saturated heterocycles. The molecule has 0 saturated carbocycles. The van der Waals surface area contributed by atoms with E-state index in [9.17, 15) is 9.59 Å². The van der Waals surface area contributed by atoms with Crippen molar-refractivity contribution in [3.05, 3.63) is 46.8 Å². The number of ether oxygens (including phenoxy) is 2. The average molecular weight is 389 g/mol. The van der Waals surface area contributed by atoms with E-state index in [-0.39, 0.29) is 24.4 Å². The number of rotatable bonds is 8. The highest BCUT2D eigenvalue weighted by atomic mass is 35.5. The van der Waals surface area contributed by atoms with Crippen LogP contribution < -0.4 is 10.6 Å². The molecule has 0 aliphatic carbocycles. The van der Waals surface area contributed by atoms with E-state index in [0.29, 0.717) is 16.4 Å². The van der Waals surface area contributed by atoms with Gasteiger partial charge in [-0.2, -0.15) is 10.5 Å². The van der Waals surface area contributed by atoms with Crippen molar-refractivity contribution in [1.29, 1.82) is 10.5 Å². The predicted octanol–water partition coefficient (Wildman–Crippen LogP) is 3.10. The molecule has 0 atom stereocenters. The van der Waals surface area contributed by atoms with Gasteiger partial charge in [0.25, 0.3) is 0 Å². The summed E-state index contributed by atoms with van der Waals surface area (Å²) < 4.78 is 9.70. The Labute approximate surface area is 161 Å². The number of benzene rings is 1. The van der Waals surface area contributed by atoms with Crippen LogP contribution in [-0.4, -0.2) is 25.2 Å². The third-order valence-corrected chi connectivity index (χ3v) is 3.19. The minimum absolute atomic E-state index is 0.0964. The molecule has 0 amide bonds. The van der Waals surface area contributed by atoms with E-state index in [2.05, 4.69) is 10.6 Å². The highest BCUT2D eigenvalue weighted by molar-refractivity contribution is 6.31. The molecule has 0 heterocycles. The molecular weight excluding hydrogens is 372 g/mol. The first-order chi connectivity index (χ1) is 13.0. The van der Waals surface area contributed by atoms with Crippen molar-refractivity contribution < 1.29 is 19.1 Å². The molecule has 27 heavy (non-hydrogen) atoms. The van der Waals surface area contributed by atoms with Crippen molar-refractivity contribution in [2.45, 2.75) is 13.8 Å². The molecule has 8 nitrogen and oxygen atoms in total. The number of allylic oxidation sites excluding steroid dienone is 1. The van der Waals surface area contributed by atoms with E-state index < -0.39 is 11.9 Å². The molecule has 0 unspecified atom stereocenters. The van der Waals surface area contributed by atoms with Crippen molar-refractivity contribution in [3.8, 4) is 12.1 Å². The number of carbonyl (C=O) groups is 2. The summed E-state index contributed by atoms with van der Waals surface area (Å²) in [6.07, 6.45) is 2.36. The second-order valence-corrected chi connectivity index (χ2v) is 5.20. The minimum atomic E-state index is -0.830. The summed E-state index contributed by atoms with van der Waals surface area (Å²) >= 11 is 5.96. The van der Waals surface area contributed by atoms with Gasteiger partial charge in [0.1, 0.15) is 17.7 Å². The number of hydrogen-bond donors (Lipinski definition) is 2. The van der Waals surface area contributed by atoms with Gasteiger partial charge in [-0.05, 0) is 32.0 Å². The Balaban J connectivity index is 3.17. The molecule has 1 rings (SSSR count). The Hall–Kier alpha value is -3.49. The third kappa shape index (κ3) is 6.73. The first kappa shape index (κ1) is 21.6. The van der Waals surface area contributed by atoms with Crippen LogP contribution >= 0.6 is 11.6 Å². The molecule has 140 valence electrons. The maximum Gasteiger partial charge on any atom is 0.347 e. The van der Waals surface area contributed by atoms with Gasteiger partial charge in [-0.3, -0.25) is 0 Å². The minimum Gasteiger partial charge on any atom is -0.462 e. The van der Waals surface area contributed by atoms with Gasteiger partial charge in [0.05, 0.1) is 24.6 Å². The Morgan fingerprint density at radius 1 is 1.04 bits per heavy atom. The van der Waals surface area contributed by atoms with Crippen LogP contribution in [0.3, 0.4) is 0 Å². The molecule has 2 N–H and O–H groups in total. The second-order valence-electron chi connectivity index (χ2n) is 4.76. The van der Waals surface area contributed by atoms with Crippen LogP contribution in [0, 0.1) is 22.7 Å². The molecule has 1 aromatic carbocycles. The Morgan fingerprint density at radius 2 is 1.59 bits per heavy atom. The monoisotopic (exact) mass is 388 g/mol. The molecule has 0 aliphatic rings. The standard InChI is InChI=1S/C18H17ClN4O4/c1-3-26-17(24)14(18(25)27-4-2)11-23-15-6-5-13(19)7-16(15)22-10-12(8-20)9-21/h5-7,10-11,22-23H,3-4H2,1-2H3. The number of nitrogens with zero attached hydrogens (tertiary/aromatic N) is 2. The van der Waals surface area contributed by atoms with E-state index in [1.165, 1.54) is 12.3 Å². The van der Waals surface area contributed by atoms with Crippen molar-refractivity contribution in [2.24, 2.45) is 0 Å². The van der Waals surface area contributed by atoms with E-state index in [0.717, 1.165) is 6.20 Å². The van der Waals surface area contributed by atoms with Gasteiger partial charge in [-0.25, -0.2) is 9.59 Å². The number of carbonyl (C=O) groups excluding carboxylic acids is 2. The molecule has 0 radical (unpaired) electrons. The highest BCUT2D eigenvalue weighted by Crippen LogP contribution is 2.26. The molecule has 0 bridgehead atoms. The zero-order valence-corrected chi connectivity index (χ0v) is 15.5. The fraction of sp³-hybridized carbons (Fsp3) is 0.222. The van der Waals surface area contributed by atoms with Gasteiger partial charge >= 0.3 is 11.9 Å². The van der Waals surface area contributed by atoms with Crippen molar-refractivity contribution in [2.75, 3.05) is 23.8 Å². The average Bonchev–Trinajstić information content (AvgIpc) is 2.64. The molecule has 9 heteroatoms. The lowest BCUT2D eigenvalue weighted by Gasteiger charge is -2.11. The summed E-state index contributed by atoms with van der Waals surface area (Å²) in [4.78, 5) is 23.9. The highest BCUT2D eigenvalue weighted by Gasteiger charge is 2.21. The number of halogens is 1. The van der Waals surface area contributed by atoms with Crippen LogP contribution in [0.5, 0.6) is 0 Å². The summed E-state index contributed by atoms with van der Waals surface area (Å²) in [6, 6.07) is 8.13. The SMILES string of the molecule is CCOC(=O)C(=CNc1ccc(Cl)cc1NC=C(C#N)C#N)C(=O)OCC. The van der Waals surface area contributed by atoms with Crippen LogP contribution in [0.4, 0.5) is 11.4 Å². The molecule has 0 fully saturated rings. The van der Waals surface area contributed by atoms with Crippen molar-refractivity contribution in [1.82, 2.24) is 0 Å². The largest absolute Gasteiger partial charge is 0.462 e. The summed E-state index contributed by atoms with van der Waals surface area (Å²) in [5, 5.41) is 23.6. The smallest absolute Gasteiger partial charge is 0.347 e. The number of hydrogen-bond acceptors (Lipinski definition) is 8. The third-order valence-electron chi connectivity index (χ3n) is 2.96. The fourth-order valence-electron chi connectivity index (χ4n) is 1.77. The summed E-state index contributed by atoms with van der Waals surface area (Å²) in [5.74, 6) is -1.66. The Morgan fingerprint density at radius 3 is 2.11 bits per heavy atom. The quantitative estimate of drug-likeness (QED) is 0.229. The van der Waals surface area contributed by atoms with Gasteiger partial charge in [0.2, 0.25) is 0 Å². The lowest BCUT2D eigenvalue weighted by Crippen LogP contribution is -2.19. The second kappa shape index (κ2) is 11.2. The maximum absolute atomic E-state index is 12.0. The number of anilines is 2. The molecule has 0 spiro atoms. The lowest BCUT2D eigenvalue weighted by atomic mass is 10.2. The molecule has 0 aromatic heterocycles. The summed E-state index contributed by atoms with van der Waals surface area (Å²) in [7, 11) is 0. The normalized spacial score (nSPS) is 9.07. The lowest BCUT2D eigenvalue weighted by molar-refractivity contribution is -0.146. The van der Waals surface area contributed by atoms with E-state index in [1.54, 1.807) is 38.1 Å². The van der Waals surface area contributed by atoms with E-state index in [1.807, 2.05) is 0 Å². The van der Waals surface area contributed by atoms with Crippen molar-refractivity contribution >= 4 is 34.9 Å². The number of nitriles is 2. The first-order valence-electron chi connectivity index (χ1n) is 7.84. The Bertz CT molecular complexity index is 814. The molecular formula is C18H17ClN4O4. The summed E-state index contributed by atoms with van der Waals surface area (Å²) in [5.41, 5.74) is 0.380. The van der Waals surface area contributed by atoms with Crippen LogP contribution in [0.2, 0.25) is 5.02 Å². The first-order valence-corrected chi connectivity index (χ1v) is 8.21. The predicted molar refractivity (Wildman–Crippen MR) is 99.4 cm³/mol. The van der Waals surface area contributed by atoms with Crippen molar-refractivity contribution in [3.63, 3.8) is 0 Å². The molecule has 1 aromatic rings. The van der Waals surface area contributed by atoms with E-state index in [4.69, 9.17) is 31.6 Å². The zero-order chi connectivity index (χ0) is 20.2. The maximum atomic E-state index is 12.0. The van der Waals surface area contributed by atoms with Crippen LogP contribution in [0.25, 0.3) is 0 Å². The number of nitrogens with one attached hydrogen (secondary N) is 2. The summed E-state index contributed by atoms with van der Waals surface area (Å²) in [6.45, 7) is 3.42. The Kier molecular flexibility index (Phi) is 8.93. The fourth-order valence-corrected chi connectivity index (χ4v) is 1.94.